The second-order valence-corrected chi connectivity index (χ2v) is 12.8. The van der Waals surface area contributed by atoms with Crippen LogP contribution in [0.4, 0.5) is 0 Å². The summed E-state index contributed by atoms with van der Waals surface area (Å²) in [5.41, 5.74) is 2.66. The molecule has 1 aromatic heterocycles. The van der Waals surface area contributed by atoms with Gasteiger partial charge in [-0.05, 0) is 35.4 Å². The summed E-state index contributed by atoms with van der Waals surface area (Å²) in [5, 5.41) is 23.3. The van der Waals surface area contributed by atoms with Crippen molar-refractivity contribution in [2.45, 2.75) is 13.1 Å². The number of fused-ring (bicyclic) bond motifs is 1. The van der Waals surface area contributed by atoms with Crippen LogP contribution in [0, 0.1) is 11.8 Å². The lowest BCUT2D eigenvalue weighted by atomic mass is 10.0. The first kappa shape index (κ1) is 28.6. The van der Waals surface area contributed by atoms with E-state index >= 15 is 0 Å². The molecule has 2 saturated heterocycles. The van der Waals surface area contributed by atoms with Crippen molar-refractivity contribution < 1.29 is 23.7 Å². The second kappa shape index (κ2) is 12.7. The number of hydrogen-bond donors (Lipinski definition) is 4. The summed E-state index contributed by atoms with van der Waals surface area (Å²) >= 11 is 5.94. The van der Waals surface area contributed by atoms with Gasteiger partial charge in [0.1, 0.15) is 5.52 Å². The Morgan fingerprint density at radius 2 is 1.75 bits per heavy atom. The van der Waals surface area contributed by atoms with Gasteiger partial charge in [0.2, 0.25) is 0 Å². The van der Waals surface area contributed by atoms with Crippen LogP contribution in [-0.4, -0.2) is 97.6 Å². The summed E-state index contributed by atoms with van der Waals surface area (Å²) < 4.78 is 25.2. The van der Waals surface area contributed by atoms with E-state index in [-0.39, 0.29) is 18.0 Å². The third-order valence-corrected chi connectivity index (χ3v) is 8.91. The molecular weight excluding hydrogens is 554 g/mol. The lowest BCUT2D eigenvalue weighted by Gasteiger charge is -2.40. The topological polar surface area (TPSA) is 131 Å². The maximum Gasteiger partial charge on any atom is 0.275 e. The maximum absolute atomic E-state index is 12.9. The van der Waals surface area contributed by atoms with E-state index in [1.807, 2.05) is 24.3 Å². The first-order valence-corrected chi connectivity index (χ1v) is 15.3. The number of carbonyl (C=O) groups excluding carboxylic acids is 1. The summed E-state index contributed by atoms with van der Waals surface area (Å²) in [6.45, 7) is 5.42. The normalized spacial score (nSPS) is 18.6. The van der Waals surface area contributed by atoms with Crippen molar-refractivity contribution in [1.29, 1.82) is 0 Å². The number of benzene rings is 2. The van der Waals surface area contributed by atoms with Gasteiger partial charge in [-0.15, -0.1) is 10.2 Å². The fourth-order valence-corrected chi connectivity index (χ4v) is 6.08. The monoisotopic (exact) mass is 585 g/mol. The van der Waals surface area contributed by atoms with Crippen LogP contribution in [0.25, 0.3) is 10.9 Å². The van der Waals surface area contributed by atoms with Gasteiger partial charge in [0, 0.05) is 49.7 Å². The molecule has 40 heavy (non-hydrogen) atoms. The van der Waals surface area contributed by atoms with Crippen LogP contribution in [0.15, 0.2) is 36.4 Å². The van der Waals surface area contributed by atoms with Crippen LogP contribution in [0.2, 0.25) is 5.02 Å². The molecule has 2 fully saturated rings. The highest BCUT2D eigenvalue weighted by atomic mass is 35.5. The minimum absolute atomic E-state index is 0.156. The van der Waals surface area contributed by atoms with Crippen molar-refractivity contribution in [3.05, 3.63) is 63.8 Å². The van der Waals surface area contributed by atoms with E-state index in [0.29, 0.717) is 72.4 Å². The summed E-state index contributed by atoms with van der Waals surface area (Å²) in [6.07, 6.45) is 0. The van der Waals surface area contributed by atoms with E-state index in [1.165, 1.54) is 0 Å². The van der Waals surface area contributed by atoms with Gasteiger partial charge in [0.25, 0.3) is 5.91 Å². The Balaban J connectivity index is 1.40. The predicted octanol–water partition coefficient (Wildman–Crippen LogP) is 3.17. The van der Waals surface area contributed by atoms with Gasteiger partial charge >= 0.3 is 0 Å². The maximum atomic E-state index is 12.9. The molecule has 212 valence electrons. The van der Waals surface area contributed by atoms with Gasteiger partial charge in [0.05, 0.1) is 36.8 Å². The summed E-state index contributed by atoms with van der Waals surface area (Å²) in [6, 6.07) is 10.9. The number of rotatable bonds is 6. The molecule has 10 nitrogen and oxygen atoms in total. The first-order chi connectivity index (χ1) is 19.3. The highest BCUT2D eigenvalue weighted by Gasteiger charge is 2.22. The zero-order valence-corrected chi connectivity index (χ0v) is 23.5. The standard InChI is InChI=1S/C28H32ClN5O5S/c29-23-5-3-20(4-6-23)18-30-28(36)26-27(35)24-17-21(19-34-8-12-39-13-9-34)16-22(25(24)31-32-26)2-1-7-33-10-14-40(37,38)15-11-33/h3-6,16-17,37-38H,7-15,18-19H2,(H,30,36)(H,31,35). The molecule has 0 spiro atoms. The summed E-state index contributed by atoms with van der Waals surface area (Å²) in [5.74, 6) is 6.28. The van der Waals surface area contributed by atoms with E-state index in [4.69, 9.17) is 16.3 Å². The van der Waals surface area contributed by atoms with Gasteiger partial charge in [0.15, 0.2) is 11.4 Å². The van der Waals surface area contributed by atoms with Crippen LogP contribution in [0.1, 0.15) is 27.2 Å². The molecule has 3 aromatic rings. The van der Waals surface area contributed by atoms with Crippen molar-refractivity contribution >= 4 is 39.0 Å². The number of ether oxygens (including phenoxy) is 1. The third-order valence-electron chi connectivity index (χ3n) is 6.98. The number of hydrogen-bond acceptors (Lipinski definition) is 9. The molecule has 4 N–H and O–H groups in total. The average molecular weight is 586 g/mol. The predicted molar refractivity (Wildman–Crippen MR) is 156 cm³/mol. The number of nitrogens with zero attached hydrogens (tertiary/aromatic N) is 4. The first-order valence-electron chi connectivity index (χ1n) is 13.1. The average Bonchev–Trinajstić information content (AvgIpc) is 2.94. The van der Waals surface area contributed by atoms with Gasteiger partial charge in [-0.2, -0.15) is 10.6 Å². The number of aromatic nitrogens is 2. The highest BCUT2D eigenvalue weighted by molar-refractivity contribution is 8.24. The van der Waals surface area contributed by atoms with Crippen LogP contribution in [0.3, 0.4) is 0 Å². The molecule has 5 rings (SSSR count). The fraction of sp³-hybridized carbons (Fsp3) is 0.393. The molecule has 2 aliphatic rings. The molecule has 0 atom stereocenters. The molecule has 3 heterocycles. The van der Waals surface area contributed by atoms with Crippen molar-refractivity contribution in [3.63, 3.8) is 0 Å². The number of amides is 1. The van der Waals surface area contributed by atoms with E-state index < -0.39 is 16.5 Å². The summed E-state index contributed by atoms with van der Waals surface area (Å²) in [7, 11) is -2.47. The Morgan fingerprint density at radius 3 is 2.48 bits per heavy atom. The quantitative estimate of drug-likeness (QED) is 0.322. The molecule has 1 amide bonds. The Kier molecular flexibility index (Phi) is 9.07. The van der Waals surface area contributed by atoms with E-state index in [0.717, 1.165) is 24.2 Å². The second-order valence-electron chi connectivity index (χ2n) is 9.92. The molecule has 0 bridgehead atoms. The van der Waals surface area contributed by atoms with Gasteiger partial charge in [-0.1, -0.05) is 35.6 Å². The number of nitrogens with one attached hydrogen (secondary N) is 1. The number of morpholine rings is 1. The SMILES string of the molecule is O=C(NCc1ccc(Cl)cc1)c1nnc2c(C#CCN3CCS(O)(O)CC3)cc(CN3CCOCC3)cc2c1O. The van der Waals surface area contributed by atoms with Crippen molar-refractivity contribution in [3.8, 4) is 17.6 Å². The Morgan fingerprint density at radius 1 is 1.02 bits per heavy atom. The minimum Gasteiger partial charge on any atom is -0.505 e. The Labute approximate surface area is 239 Å². The third kappa shape index (κ3) is 7.21. The highest BCUT2D eigenvalue weighted by Crippen LogP contribution is 2.40. The number of halogens is 1. The van der Waals surface area contributed by atoms with Gasteiger partial charge in [-0.25, -0.2) is 0 Å². The molecule has 0 radical (unpaired) electrons. The molecule has 2 aromatic carbocycles. The van der Waals surface area contributed by atoms with Gasteiger partial charge in [-0.3, -0.25) is 23.7 Å². The zero-order chi connectivity index (χ0) is 28.1. The minimum atomic E-state index is -2.47. The van der Waals surface area contributed by atoms with Crippen LogP contribution >= 0.6 is 22.2 Å². The number of aromatic hydroxyl groups is 1. The molecule has 0 aliphatic carbocycles. The summed E-state index contributed by atoms with van der Waals surface area (Å²) in [4.78, 5) is 17.3. The molecular formula is C28H32ClN5O5S. The van der Waals surface area contributed by atoms with Crippen LogP contribution < -0.4 is 5.32 Å². The van der Waals surface area contributed by atoms with E-state index in [9.17, 15) is 19.0 Å². The number of carbonyl (C=O) groups is 1. The van der Waals surface area contributed by atoms with Crippen LogP contribution in [0.5, 0.6) is 5.75 Å². The van der Waals surface area contributed by atoms with Gasteiger partial charge < -0.3 is 15.2 Å². The largest absolute Gasteiger partial charge is 0.505 e. The van der Waals surface area contributed by atoms with Crippen molar-refractivity contribution in [2.75, 3.05) is 57.4 Å². The van der Waals surface area contributed by atoms with Crippen molar-refractivity contribution in [1.82, 2.24) is 25.3 Å². The van der Waals surface area contributed by atoms with E-state index in [2.05, 4.69) is 37.2 Å². The lowest BCUT2D eigenvalue weighted by molar-refractivity contribution is 0.0342. The molecule has 12 heteroatoms. The smallest absolute Gasteiger partial charge is 0.275 e. The van der Waals surface area contributed by atoms with Crippen LogP contribution in [-0.2, 0) is 17.8 Å². The molecule has 0 saturated carbocycles. The molecule has 0 unspecified atom stereocenters. The van der Waals surface area contributed by atoms with E-state index in [1.54, 1.807) is 12.1 Å². The van der Waals surface area contributed by atoms with Crippen molar-refractivity contribution in [2.24, 2.45) is 0 Å². The fourth-order valence-electron chi connectivity index (χ4n) is 4.65. The Bertz CT molecular complexity index is 1430. The molecule has 2 aliphatic heterocycles. The zero-order valence-electron chi connectivity index (χ0n) is 22.0. The Hall–Kier alpha value is -2.95. The lowest BCUT2D eigenvalue weighted by Crippen LogP contribution is -2.38.